The van der Waals surface area contributed by atoms with Crippen LogP contribution < -0.4 is 10.6 Å². The molecule has 23 heavy (non-hydrogen) atoms. The van der Waals surface area contributed by atoms with E-state index in [0.29, 0.717) is 15.2 Å². The smallest absolute Gasteiger partial charge is 0.313 e. The van der Waals surface area contributed by atoms with Gasteiger partial charge in [-0.3, -0.25) is 14.3 Å². The summed E-state index contributed by atoms with van der Waals surface area (Å²) in [5.74, 6) is -1.44. The summed E-state index contributed by atoms with van der Waals surface area (Å²) >= 11 is 9.14. The predicted molar refractivity (Wildman–Crippen MR) is 92.2 cm³/mol. The summed E-state index contributed by atoms with van der Waals surface area (Å²) in [7, 11) is 1.82. The standard InChI is InChI=1S/C15H16BrClN4O2/c1-3-13-9(8-21(2)20-13)7-18-14(22)15(23)19-10-4-5-12(17)11(16)6-10/h4-6,8H,3,7H2,1-2H3,(H,18,22)(H,19,23). The van der Waals surface area contributed by atoms with E-state index in [2.05, 4.69) is 31.7 Å². The Morgan fingerprint density at radius 1 is 1.35 bits per heavy atom. The molecule has 1 aromatic heterocycles. The molecule has 6 nitrogen and oxygen atoms in total. The number of hydrogen-bond donors (Lipinski definition) is 2. The van der Waals surface area contributed by atoms with Gasteiger partial charge in [-0.15, -0.1) is 0 Å². The fraction of sp³-hybridized carbons (Fsp3) is 0.267. The molecule has 0 radical (unpaired) electrons. The Kier molecular flexibility index (Phi) is 5.79. The van der Waals surface area contributed by atoms with Gasteiger partial charge in [0.1, 0.15) is 0 Å². The van der Waals surface area contributed by atoms with Gasteiger partial charge in [-0.05, 0) is 40.5 Å². The largest absolute Gasteiger partial charge is 0.344 e. The predicted octanol–water partition coefficient (Wildman–Crippen LogP) is 2.65. The van der Waals surface area contributed by atoms with Gasteiger partial charge < -0.3 is 10.6 Å². The molecule has 2 aromatic rings. The molecule has 0 saturated heterocycles. The van der Waals surface area contributed by atoms with Crippen molar-refractivity contribution < 1.29 is 9.59 Å². The third-order valence-electron chi connectivity index (χ3n) is 3.15. The highest BCUT2D eigenvalue weighted by Gasteiger charge is 2.15. The van der Waals surface area contributed by atoms with Crippen molar-refractivity contribution in [1.29, 1.82) is 0 Å². The molecule has 0 aliphatic heterocycles. The number of amides is 2. The third-order valence-corrected chi connectivity index (χ3v) is 4.36. The zero-order valence-electron chi connectivity index (χ0n) is 12.7. The number of hydrogen-bond acceptors (Lipinski definition) is 3. The Morgan fingerprint density at radius 2 is 2.09 bits per heavy atom. The van der Waals surface area contributed by atoms with Gasteiger partial charge in [0.25, 0.3) is 0 Å². The maximum atomic E-state index is 11.9. The highest BCUT2D eigenvalue weighted by molar-refractivity contribution is 9.10. The molecule has 0 fully saturated rings. The average molecular weight is 400 g/mol. The lowest BCUT2D eigenvalue weighted by Gasteiger charge is -2.07. The highest BCUT2D eigenvalue weighted by Crippen LogP contribution is 2.25. The van der Waals surface area contributed by atoms with E-state index in [-0.39, 0.29) is 6.54 Å². The molecule has 2 amide bonds. The SMILES string of the molecule is CCc1nn(C)cc1CNC(=O)C(=O)Nc1ccc(Cl)c(Br)c1. The topological polar surface area (TPSA) is 76.0 Å². The number of carbonyl (C=O) groups is 2. The van der Waals surface area contributed by atoms with Crippen LogP contribution >= 0.6 is 27.5 Å². The second-order valence-corrected chi connectivity index (χ2v) is 6.16. The molecular weight excluding hydrogens is 384 g/mol. The normalized spacial score (nSPS) is 10.4. The number of halogens is 2. The molecule has 0 atom stereocenters. The average Bonchev–Trinajstić information content (AvgIpc) is 2.88. The maximum Gasteiger partial charge on any atom is 0.313 e. The number of nitrogens with one attached hydrogen (secondary N) is 2. The molecule has 2 rings (SSSR count). The van der Waals surface area contributed by atoms with Crippen molar-refractivity contribution in [1.82, 2.24) is 15.1 Å². The summed E-state index contributed by atoms with van der Waals surface area (Å²) in [6, 6.07) is 4.88. The van der Waals surface area contributed by atoms with Crippen LogP contribution in [0.25, 0.3) is 0 Å². The Bertz CT molecular complexity index is 745. The fourth-order valence-electron chi connectivity index (χ4n) is 2.05. The molecular formula is C15H16BrClN4O2. The van der Waals surface area contributed by atoms with E-state index in [0.717, 1.165) is 17.7 Å². The van der Waals surface area contributed by atoms with Crippen molar-refractivity contribution in [2.45, 2.75) is 19.9 Å². The summed E-state index contributed by atoms with van der Waals surface area (Å²) in [5, 5.41) is 9.92. The van der Waals surface area contributed by atoms with E-state index in [1.54, 1.807) is 22.9 Å². The maximum absolute atomic E-state index is 11.9. The molecule has 0 bridgehead atoms. The fourth-order valence-corrected chi connectivity index (χ4v) is 2.54. The van der Waals surface area contributed by atoms with Crippen LogP contribution in [0, 0.1) is 0 Å². The van der Waals surface area contributed by atoms with Crippen molar-refractivity contribution >= 4 is 45.0 Å². The number of aryl methyl sites for hydroxylation is 2. The molecule has 0 aliphatic carbocycles. The summed E-state index contributed by atoms with van der Waals surface area (Å²) in [6.07, 6.45) is 2.59. The zero-order valence-corrected chi connectivity index (χ0v) is 15.0. The lowest BCUT2D eigenvalue weighted by molar-refractivity contribution is -0.136. The van der Waals surface area contributed by atoms with Gasteiger partial charge in [-0.1, -0.05) is 18.5 Å². The van der Waals surface area contributed by atoms with Crippen molar-refractivity contribution in [2.75, 3.05) is 5.32 Å². The number of anilines is 1. The van der Waals surface area contributed by atoms with Crippen LogP contribution in [-0.2, 0) is 29.6 Å². The van der Waals surface area contributed by atoms with Crippen molar-refractivity contribution in [3.05, 3.63) is 45.1 Å². The van der Waals surface area contributed by atoms with E-state index in [1.807, 2.05) is 20.2 Å². The molecule has 0 saturated carbocycles. The van der Waals surface area contributed by atoms with Crippen LogP contribution in [0.1, 0.15) is 18.2 Å². The van der Waals surface area contributed by atoms with Crippen molar-refractivity contribution in [3.63, 3.8) is 0 Å². The van der Waals surface area contributed by atoms with Gasteiger partial charge in [0.05, 0.1) is 10.7 Å². The summed E-state index contributed by atoms with van der Waals surface area (Å²) in [6.45, 7) is 2.24. The van der Waals surface area contributed by atoms with Gasteiger partial charge >= 0.3 is 11.8 Å². The Morgan fingerprint density at radius 3 is 2.74 bits per heavy atom. The molecule has 2 N–H and O–H groups in total. The molecule has 8 heteroatoms. The van der Waals surface area contributed by atoms with E-state index < -0.39 is 11.8 Å². The Hall–Kier alpha value is -1.86. The number of aromatic nitrogens is 2. The lowest BCUT2D eigenvalue weighted by atomic mass is 10.2. The van der Waals surface area contributed by atoms with Crippen LogP contribution in [0.3, 0.4) is 0 Å². The van der Waals surface area contributed by atoms with Crippen LogP contribution in [0.15, 0.2) is 28.9 Å². The quantitative estimate of drug-likeness (QED) is 0.776. The lowest BCUT2D eigenvalue weighted by Crippen LogP contribution is -2.35. The molecule has 0 aliphatic rings. The van der Waals surface area contributed by atoms with Crippen LogP contribution in [0.5, 0.6) is 0 Å². The molecule has 122 valence electrons. The second kappa shape index (κ2) is 7.61. The number of nitrogens with zero attached hydrogens (tertiary/aromatic N) is 2. The van der Waals surface area contributed by atoms with Crippen molar-refractivity contribution in [3.8, 4) is 0 Å². The summed E-state index contributed by atoms with van der Waals surface area (Å²) in [4.78, 5) is 23.8. The van der Waals surface area contributed by atoms with E-state index >= 15 is 0 Å². The van der Waals surface area contributed by atoms with E-state index in [1.165, 1.54) is 0 Å². The first-order valence-electron chi connectivity index (χ1n) is 6.96. The highest BCUT2D eigenvalue weighted by atomic mass is 79.9. The van der Waals surface area contributed by atoms with Gasteiger partial charge in [0.2, 0.25) is 0 Å². The minimum Gasteiger partial charge on any atom is -0.344 e. The minimum absolute atomic E-state index is 0.258. The first-order chi connectivity index (χ1) is 10.9. The number of rotatable bonds is 4. The third kappa shape index (κ3) is 4.56. The van der Waals surface area contributed by atoms with Crippen LogP contribution in [0.4, 0.5) is 5.69 Å². The molecule has 1 aromatic carbocycles. The van der Waals surface area contributed by atoms with Gasteiger partial charge in [0, 0.05) is 35.5 Å². The Balaban J connectivity index is 1.94. The molecule has 1 heterocycles. The van der Waals surface area contributed by atoms with E-state index in [9.17, 15) is 9.59 Å². The van der Waals surface area contributed by atoms with Gasteiger partial charge in [0.15, 0.2) is 0 Å². The Labute approximate surface area is 147 Å². The van der Waals surface area contributed by atoms with Gasteiger partial charge in [-0.2, -0.15) is 5.10 Å². The zero-order chi connectivity index (χ0) is 17.0. The number of carbonyl (C=O) groups excluding carboxylic acids is 2. The minimum atomic E-state index is -0.735. The first kappa shape index (κ1) is 17.5. The number of benzene rings is 1. The summed E-state index contributed by atoms with van der Waals surface area (Å²) < 4.78 is 2.33. The first-order valence-corrected chi connectivity index (χ1v) is 8.13. The molecule has 0 unspecified atom stereocenters. The summed E-state index contributed by atoms with van der Waals surface area (Å²) in [5.41, 5.74) is 2.28. The van der Waals surface area contributed by atoms with Crippen LogP contribution in [0.2, 0.25) is 5.02 Å². The van der Waals surface area contributed by atoms with Crippen molar-refractivity contribution in [2.24, 2.45) is 7.05 Å². The monoisotopic (exact) mass is 398 g/mol. The van der Waals surface area contributed by atoms with E-state index in [4.69, 9.17) is 11.6 Å². The second-order valence-electron chi connectivity index (χ2n) is 4.89. The molecule has 0 spiro atoms. The van der Waals surface area contributed by atoms with Gasteiger partial charge in [-0.25, -0.2) is 0 Å². The van der Waals surface area contributed by atoms with Crippen LogP contribution in [-0.4, -0.2) is 21.6 Å².